The van der Waals surface area contributed by atoms with Crippen LogP contribution in [0.2, 0.25) is 0 Å². The molecule has 0 saturated carbocycles. The second kappa shape index (κ2) is 6.12. The van der Waals surface area contributed by atoms with Crippen molar-refractivity contribution in [2.24, 2.45) is 0 Å². The lowest BCUT2D eigenvalue weighted by atomic mass is 10.1. The Balaban J connectivity index is 1.97. The van der Waals surface area contributed by atoms with E-state index < -0.39 is 0 Å². The van der Waals surface area contributed by atoms with E-state index in [-0.39, 0.29) is 6.04 Å². The van der Waals surface area contributed by atoms with Crippen molar-refractivity contribution >= 4 is 0 Å². The van der Waals surface area contributed by atoms with E-state index in [0.717, 1.165) is 18.0 Å². The van der Waals surface area contributed by atoms with Crippen molar-refractivity contribution in [2.45, 2.75) is 19.5 Å². The van der Waals surface area contributed by atoms with E-state index in [0.29, 0.717) is 0 Å². The molecule has 1 aromatic carbocycles. The Morgan fingerprint density at radius 3 is 2.94 bits per heavy atom. The normalized spacial score (nSPS) is 12.1. The summed E-state index contributed by atoms with van der Waals surface area (Å²) in [6, 6.07) is 10.2. The first kappa shape index (κ1) is 12.5. The van der Waals surface area contributed by atoms with Crippen molar-refractivity contribution in [3.8, 4) is 5.75 Å². The number of rotatable bonds is 5. The average Bonchev–Trinajstić information content (AvgIpc) is 2.46. The molecule has 1 heterocycles. The number of nitrogens with one attached hydrogen (secondary N) is 1. The van der Waals surface area contributed by atoms with Crippen LogP contribution in [0, 0.1) is 0 Å². The van der Waals surface area contributed by atoms with Crippen molar-refractivity contribution in [3.05, 3.63) is 54.1 Å². The van der Waals surface area contributed by atoms with Crippen molar-refractivity contribution < 1.29 is 4.74 Å². The van der Waals surface area contributed by atoms with Gasteiger partial charge in [-0.3, -0.25) is 0 Å². The molecule has 0 aliphatic heterocycles. The van der Waals surface area contributed by atoms with E-state index in [1.54, 1.807) is 19.6 Å². The topological polar surface area (TPSA) is 47.0 Å². The fourth-order valence-corrected chi connectivity index (χ4v) is 1.71. The fraction of sp³-hybridized carbons (Fsp3) is 0.286. The lowest BCUT2D eigenvalue weighted by Crippen LogP contribution is -2.18. The number of ether oxygens (including phenoxy) is 1. The van der Waals surface area contributed by atoms with Crippen LogP contribution < -0.4 is 10.1 Å². The highest BCUT2D eigenvalue weighted by Gasteiger charge is 2.06. The summed E-state index contributed by atoms with van der Waals surface area (Å²) in [6.07, 6.45) is 3.31. The Bertz CT molecular complexity index is 487. The van der Waals surface area contributed by atoms with Crippen molar-refractivity contribution in [1.82, 2.24) is 15.3 Å². The van der Waals surface area contributed by atoms with Gasteiger partial charge in [0, 0.05) is 18.8 Å². The molecule has 0 fully saturated rings. The molecule has 0 radical (unpaired) electrons. The van der Waals surface area contributed by atoms with E-state index in [1.807, 2.05) is 24.3 Å². The Kier molecular flexibility index (Phi) is 4.25. The molecule has 0 saturated heterocycles. The molecule has 1 unspecified atom stereocenters. The highest BCUT2D eigenvalue weighted by atomic mass is 16.5. The molecule has 1 atom stereocenters. The molecule has 2 aromatic rings. The van der Waals surface area contributed by atoms with Crippen LogP contribution in [0.15, 0.2) is 42.9 Å². The van der Waals surface area contributed by atoms with Gasteiger partial charge in [0.05, 0.1) is 12.8 Å². The first-order valence-corrected chi connectivity index (χ1v) is 5.92. The van der Waals surface area contributed by atoms with Gasteiger partial charge in [-0.05, 0) is 30.7 Å². The summed E-state index contributed by atoms with van der Waals surface area (Å²) in [5, 5.41) is 3.42. The van der Waals surface area contributed by atoms with Gasteiger partial charge in [-0.15, -0.1) is 0 Å². The summed E-state index contributed by atoms with van der Waals surface area (Å²) in [7, 11) is 1.68. The van der Waals surface area contributed by atoms with Crippen LogP contribution in [0.3, 0.4) is 0 Å². The molecule has 0 aliphatic carbocycles. The van der Waals surface area contributed by atoms with E-state index in [1.165, 1.54) is 5.56 Å². The highest BCUT2D eigenvalue weighted by molar-refractivity contribution is 5.30. The number of hydrogen-bond donors (Lipinski definition) is 1. The van der Waals surface area contributed by atoms with Crippen LogP contribution in [0.1, 0.15) is 24.2 Å². The predicted molar refractivity (Wildman–Crippen MR) is 70.3 cm³/mol. The van der Waals surface area contributed by atoms with Crippen molar-refractivity contribution in [3.63, 3.8) is 0 Å². The summed E-state index contributed by atoms with van der Waals surface area (Å²) in [4.78, 5) is 8.08. The maximum atomic E-state index is 5.22. The second-order valence-corrected chi connectivity index (χ2v) is 4.08. The minimum Gasteiger partial charge on any atom is -0.497 e. The maximum absolute atomic E-state index is 5.22. The molecule has 0 bridgehead atoms. The monoisotopic (exact) mass is 243 g/mol. The quantitative estimate of drug-likeness (QED) is 0.875. The van der Waals surface area contributed by atoms with Gasteiger partial charge in [0.15, 0.2) is 0 Å². The smallest absolute Gasteiger partial charge is 0.119 e. The van der Waals surface area contributed by atoms with Crippen LogP contribution >= 0.6 is 0 Å². The van der Waals surface area contributed by atoms with Crippen LogP contribution in [0.25, 0.3) is 0 Å². The molecular formula is C14H17N3O. The van der Waals surface area contributed by atoms with Gasteiger partial charge >= 0.3 is 0 Å². The first-order valence-electron chi connectivity index (χ1n) is 5.92. The third-order valence-corrected chi connectivity index (χ3v) is 2.83. The van der Waals surface area contributed by atoms with Crippen molar-refractivity contribution in [2.75, 3.05) is 7.11 Å². The molecule has 94 valence electrons. The molecule has 1 aromatic heterocycles. The number of aromatic nitrogens is 2. The number of methoxy groups -OCH3 is 1. The third kappa shape index (κ3) is 3.28. The van der Waals surface area contributed by atoms with Gasteiger partial charge in [-0.1, -0.05) is 12.1 Å². The zero-order chi connectivity index (χ0) is 12.8. The van der Waals surface area contributed by atoms with E-state index in [2.05, 4.69) is 28.3 Å². The lowest BCUT2D eigenvalue weighted by molar-refractivity contribution is 0.413. The molecular weight excluding hydrogens is 226 g/mol. The zero-order valence-electron chi connectivity index (χ0n) is 10.6. The average molecular weight is 243 g/mol. The van der Waals surface area contributed by atoms with Gasteiger partial charge in [-0.25, -0.2) is 9.97 Å². The fourth-order valence-electron chi connectivity index (χ4n) is 1.71. The van der Waals surface area contributed by atoms with Crippen LogP contribution in [-0.2, 0) is 6.54 Å². The van der Waals surface area contributed by atoms with Crippen LogP contribution in [0.5, 0.6) is 5.75 Å². The Hall–Kier alpha value is -1.94. The predicted octanol–water partition coefficient (Wildman–Crippen LogP) is 2.34. The highest BCUT2D eigenvalue weighted by Crippen LogP contribution is 2.18. The van der Waals surface area contributed by atoms with Gasteiger partial charge in [0.2, 0.25) is 0 Å². The van der Waals surface area contributed by atoms with Crippen LogP contribution in [0.4, 0.5) is 0 Å². The van der Waals surface area contributed by atoms with Gasteiger partial charge in [0.1, 0.15) is 12.1 Å². The Labute approximate surface area is 107 Å². The summed E-state index contributed by atoms with van der Waals surface area (Å²) < 4.78 is 5.22. The van der Waals surface area contributed by atoms with Gasteiger partial charge < -0.3 is 10.1 Å². The second-order valence-electron chi connectivity index (χ2n) is 4.08. The van der Waals surface area contributed by atoms with E-state index in [4.69, 9.17) is 4.74 Å². The largest absolute Gasteiger partial charge is 0.497 e. The minimum absolute atomic E-state index is 0.245. The summed E-state index contributed by atoms with van der Waals surface area (Å²) in [5.41, 5.74) is 2.18. The molecule has 18 heavy (non-hydrogen) atoms. The Morgan fingerprint density at radius 2 is 2.22 bits per heavy atom. The number of nitrogens with zero attached hydrogens (tertiary/aromatic N) is 2. The van der Waals surface area contributed by atoms with Crippen molar-refractivity contribution in [1.29, 1.82) is 0 Å². The molecule has 0 spiro atoms. The lowest BCUT2D eigenvalue weighted by Gasteiger charge is -2.14. The maximum Gasteiger partial charge on any atom is 0.119 e. The number of hydrogen-bond acceptors (Lipinski definition) is 4. The van der Waals surface area contributed by atoms with E-state index >= 15 is 0 Å². The molecule has 1 N–H and O–H groups in total. The van der Waals surface area contributed by atoms with Crippen LogP contribution in [-0.4, -0.2) is 17.1 Å². The zero-order valence-corrected chi connectivity index (χ0v) is 10.6. The summed E-state index contributed by atoms with van der Waals surface area (Å²) in [5.74, 6) is 0.878. The van der Waals surface area contributed by atoms with Gasteiger partial charge in [-0.2, -0.15) is 0 Å². The summed E-state index contributed by atoms with van der Waals surface area (Å²) >= 11 is 0. The minimum atomic E-state index is 0.245. The number of benzene rings is 1. The molecule has 4 nitrogen and oxygen atoms in total. The molecule has 2 rings (SSSR count). The first-order chi connectivity index (χ1) is 8.79. The third-order valence-electron chi connectivity index (χ3n) is 2.83. The SMILES string of the molecule is COc1cccc(C(C)NCc2ccncn2)c1. The Morgan fingerprint density at radius 1 is 1.33 bits per heavy atom. The molecule has 0 aliphatic rings. The molecule has 0 amide bonds. The van der Waals surface area contributed by atoms with Gasteiger partial charge in [0.25, 0.3) is 0 Å². The van der Waals surface area contributed by atoms with E-state index in [9.17, 15) is 0 Å². The summed E-state index contributed by atoms with van der Waals surface area (Å²) in [6.45, 7) is 2.84. The molecule has 4 heteroatoms. The standard InChI is InChI=1S/C14H17N3O/c1-11(12-4-3-5-14(8-12)18-2)16-9-13-6-7-15-10-17-13/h3-8,10-11,16H,9H2,1-2H3.